The number of aryl methyl sites for hydroxylation is 1. The Hall–Kier alpha value is -1.32. The summed E-state index contributed by atoms with van der Waals surface area (Å²) in [7, 11) is -1.19. The van der Waals surface area contributed by atoms with Gasteiger partial charge in [-0.2, -0.15) is 11.2 Å². The van der Waals surface area contributed by atoms with E-state index in [1.807, 2.05) is 17.4 Å². The van der Waals surface area contributed by atoms with Crippen molar-refractivity contribution >= 4 is 30.3 Å². The molecule has 0 saturated heterocycles. The molecule has 1 nitrogen and oxygen atoms in total. The number of aliphatic imine (C=N–C) groups is 1. The van der Waals surface area contributed by atoms with Crippen LogP contribution in [0.4, 0.5) is 5.69 Å². The van der Waals surface area contributed by atoms with E-state index >= 15 is 0 Å². The summed E-state index contributed by atoms with van der Waals surface area (Å²) < 4.78 is 0. The van der Waals surface area contributed by atoms with E-state index in [0.717, 1.165) is 5.69 Å². The molecule has 0 N–H and O–H groups in total. The van der Waals surface area contributed by atoms with E-state index in [2.05, 4.69) is 80.1 Å². The van der Waals surface area contributed by atoms with Gasteiger partial charge in [-0.15, -0.1) is 0 Å². The van der Waals surface area contributed by atoms with Crippen LogP contribution in [0.3, 0.4) is 0 Å². The van der Waals surface area contributed by atoms with E-state index in [9.17, 15) is 0 Å². The zero-order valence-corrected chi connectivity index (χ0v) is 14.4. The second-order valence-electron chi connectivity index (χ2n) is 5.85. The van der Waals surface area contributed by atoms with Gasteiger partial charge in [0.1, 0.15) is 7.22 Å². The Morgan fingerprint density at radius 2 is 1.60 bits per heavy atom. The van der Waals surface area contributed by atoms with Crippen molar-refractivity contribution < 1.29 is 0 Å². The SMILES string of the molecule is Cc1ccc(/N=C\c2ccccc2S[Si](C)(C)C)cc1. The van der Waals surface area contributed by atoms with Crippen molar-refractivity contribution in [2.45, 2.75) is 31.5 Å². The fourth-order valence-electron chi connectivity index (χ4n) is 1.78. The maximum absolute atomic E-state index is 4.59. The minimum Gasteiger partial charge on any atom is -0.256 e. The molecule has 0 radical (unpaired) electrons. The van der Waals surface area contributed by atoms with E-state index in [1.54, 1.807) is 0 Å². The van der Waals surface area contributed by atoms with Gasteiger partial charge in [-0.25, -0.2) is 0 Å². The molecule has 0 bridgehead atoms. The Kier molecular flexibility index (Phi) is 4.84. The maximum Gasteiger partial charge on any atom is 0.114 e. The molecule has 2 aromatic rings. The second-order valence-corrected chi connectivity index (χ2v) is 15.0. The summed E-state index contributed by atoms with van der Waals surface area (Å²) in [6.45, 7) is 9.19. The average Bonchev–Trinajstić information content (AvgIpc) is 2.38. The van der Waals surface area contributed by atoms with Gasteiger partial charge in [-0.3, -0.25) is 4.99 Å². The van der Waals surface area contributed by atoms with Gasteiger partial charge in [-0.1, -0.05) is 55.5 Å². The lowest BCUT2D eigenvalue weighted by atomic mass is 10.2. The molecule has 0 saturated carbocycles. The fourth-order valence-corrected chi connectivity index (χ4v) is 5.37. The fraction of sp³-hybridized carbons (Fsp3) is 0.235. The van der Waals surface area contributed by atoms with Crippen LogP contribution in [-0.4, -0.2) is 13.4 Å². The predicted octanol–water partition coefficient (Wildman–Crippen LogP) is 5.67. The largest absolute Gasteiger partial charge is 0.256 e. The number of nitrogens with zero attached hydrogens (tertiary/aromatic N) is 1. The molecular formula is C17H21NSSi. The van der Waals surface area contributed by atoms with Crippen LogP contribution in [0.25, 0.3) is 0 Å². The summed E-state index contributed by atoms with van der Waals surface area (Å²) in [6.07, 6.45) is 1.98. The maximum atomic E-state index is 4.59. The third-order valence-electron chi connectivity index (χ3n) is 2.72. The van der Waals surface area contributed by atoms with Crippen molar-refractivity contribution in [1.29, 1.82) is 0 Å². The van der Waals surface area contributed by atoms with Gasteiger partial charge in [0.2, 0.25) is 0 Å². The van der Waals surface area contributed by atoms with Crippen molar-refractivity contribution in [1.82, 2.24) is 0 Å². The van der Waals surface area contributed by atoms with Gasteiger partial charge >= 0.3 is 0 Å². The molecule has 0 spiro atoms. The summed E-state index contributed by atoms with van der Waals surface area (Å²) in [4.78, 5) is 5.92. The van der Waals surface area contributed by atoms with E-state index < -0.39 is 7.22 Å². The molecule has 0 heterocycles. The number of benzene rings is 2. The zero-order chi connectivity index (χ0) is 14.6. The Morgan fingerprint density at radius 3 is 2.25 bits per heavy atom. The van der Waals surface area contributed by atoms with Crippen molar-refractivity contribution in [3.63, 3.8) is 0 Å². The molecule has 2 aromatic carbocycles. The monoisotopic (exact) mass is 299 g/mol. The molecule has 0 aromatic heterocycles. The predicted molar refractivity (Wildman–Crippen MR) is 94.1 cm³/mol. The van der Waals surface area contributed by atoms with Gasteiger partial charge in [0.05, 0.1) is 5.69 Å². The van der Waals surface area contributed by atoms with Crippen molar-refractivity contribution in [3.8, 4) is 0 Å². The first-order chi connectivity index (χ1) is 9.44. The molecule has 0 aliphatic rings. The number of hydrogen-bond acceptors (Lipinski definition) is 2. The molecule has 3 heteroatoms. The summed E-state index contributed by atoms with van der Waals surface area (Å²) in [5.74, 6) is 0. The lowest BCUT2D eigenvalue weighted by Crippen LogP contribution is -2.13. The second kappa shape index (κ2) is 6.42. The van der Waals surface area contributed by atoms with E-state index in [0.29, 0.717) is 0 Å². The smallest absolute Gasteiger partial charge is 0.114 e. The molecule has 0 fully saturated rings. The van der Waals surface area contributed by atoms with Crippen LogP contribution < -0.4 is 0 Å². The van der Waals surface area contributed by atoms with Crippen LogP contribution in [0.2, 0.25) is 19.6 Å². The Labute approximate surface area is 126 Å². The highest BCUT2D eigenvalue weighted by Crippen LogP contribution is 2.31. The molecule has 104 valence electrons. The molecule has 0 aliphatic carbocycles. The number of hydrogen-bond donors (Lipinski definition) is 0. The van der Waals surface area contributed by atoms with Crippen LogP contribution in [-0.2, 0) is 0 Å². The van der Waals surface area contributed by atoms with Crippen molar-refractivity contribution in [3.05, 3.63) is 59.7 Å². The Bertz CT molecular complexity index is 597. The van der Waals surface area contributed by atoms with Crippen molar-refractivity contribution in [2.75, 3.05) is 0 Å². The zero-order valence-electron chi connectivity index (χ0n) is 12.6. The average molecular weight is 300 g/mol. The summed E-state index contributed by atoms with van der Waals surface area (Å²) in [5.41, 5.74) is 3.47. The van der Waals surface area contributed by atoms with Crippen LogP contribution in [0.1, 0.15) is 11.1 Å². The van der Waals surface area contributed by atoms with Crippen molar-refractivity contribution in [2.24, 2.45) is 4.99 Å². The van der Waals surface area contributed by atoms with Crippen LogP contribution in [0.15, 0.2) is 58.4 Å². The van der Waals surface area contributed by atoms with E-state index in [-0.39, 0.29) is 0 Å². The van der Waals surface area contributed by atoms with Crippen LogP contribution in [0.5, 0.6) is 0 Å². The standard InChI is InChI=1S/C17H21NSSi/c1-14-9-11-16(12-10-14)18-13-15-7-5-6-8-17(15)19-20(2,3)4/h5-13H,1-4H3/b18-13-. The molecule has 0 aliphatic heterocycles. The quantitative estimate of drug-likeness (QED) is 0.523. The molecule has 0 amide bonds. The topological polar surface area (TPSA) is 12.4 Å². The first-order valence-electron chi connectivity index (χ1n) is 6.83. The lowest BCUT2D eigenvalue weighted by molar-refractivity contribution is 1.41. The number of rotatable bonds is 4. The van der Waals surface area contributed by atoms with Gasteiger partial charge in [-0.05, 0) is 25.1 Å². The third-order valence-corrected chi connectivity index (χ3v) is 6.42. The summed E-state index contributed by atoms with van der Waals surface area (Å²) >= 11 is 2.01. The van der Waals surface area contributed by atoms with Crippen LogP contribution >= 0.6 is 11.2 Å². The first-order valence-corrected chi connectivity index (χ1v) is 11.9. The highest BCUT2D eigenvalue weighted by Gasteiger charge is 2.16. The van der Waals surface area contributed by atoms with Crippen LogP contribution in [0, 0.1) is 6.92 Å². The Morgan fingerprint density at radius 1 is 0.950 bits per heavy atom. The van der Waals surface area contributed by atoms with Gasteiger partial charge in [0, 0.05) is 16.7 Å². The highest BCUT2D eigenvalue weighted by molar-refractivity contribution is 8.28. The highest BCUT2D eigenvalue weighted by atomic mass is 32.4. The first kappa shape index (κ1) is 15.1. The van der Waals surface area contributed by atoms with E-state index in [4.69, 9.17) is 0 Å². The minimum atomic E-state index is -1.19. The normalized spacial score (nSPS) is 12.0. The molecular weight excluding hydrogens is 278 g/mol. The van der Waals surface area contributed by atoms with Gasteiger partial charge in [0.15, 0.2) is 0 Å². The lowest BCUT2D eigenvalue weighted by Gasteiger charge is -2.16. The summed E-state index contributed by atoms with van der Waals surface area (Å²) in [6, 6.07) is 16.8. The van der Waals surface area contributed by atoms with E-state index in [1.165, 1.54) is 16.0 Å². The molecule has 0 unspecified atom stereocenters. The molecule has 20 heavy (non-hydrogen) atoms. The molecule has 2 rings (SSSR count). The van der Waals surface area contributed by atoms with Gasteiger partial charge in [0.25, 0.3) is 0 Å². The molecule has 0 atom stereocenters. The summed E-state index contributed by atoms with van der Waals surface area (Å²) in [5, 5.41) is 0. The minimum absolute atomic E-state index is 1.00. The third kappa shape index (κ3) is 4.65. The Balaban J connectivity index is 2.22. The van der Waals surface area contributed by atoms with Gasteiger partial charge < -0.3 is 0 Å².